The predicted molar refractivity (Wildman–Crippen MR) is 497 cm³/mol. The summed E-state index contributed by atoms with van der Waals surface area (Å²) in [5.41, 5.74) is 25.2. The fourth-order valence-corrected chi connectivity index (χ4v) is 19.7. The van der Waals surface area contributed by atoms with Gasteiger partial charge in [-0.2, -0.15) is 0 Å². The van der Waals surface area contributed by atoms with Crippen molar-refractivity contribution in [2.75, 3.05) is 67.4 Å². The minimum absolute atomic E-state index is 0.00268. The van der Waals surface area contributed by atoms with Gasteiger partial charge in [-0.3, -0.25) is 14.9 Å². The topological polar surface area (TPSA) is 465 Å². The van der Waals surface area contributed by atoms with Crippen LogP contribution in [0.1, 0.15) is 71.2 Å². The lowest BCUT2D eigenvalue weighted by Crippen LogP contribution is -2.40. The molecule has 10 N–H and O–H groups in total. The number of fused-ring (bicyclic) bond motifs is 9. The lowest BCUT2D eigenvalue weighted by atomic mass is 9.90. The average molecular weight is 2090 g/mol. The van der Waals surface area contributed by atoms with E-state index in [1.807, 2.05) is 78.1 Å². The molecule has 13 aromatic rings. The van der Waals surface area contributed by atoms with E-state index >= 15 is 0 Å². The van der Waals surface area contributed by atoms with E-state index in [2.05, 4.69) is 142 Å². The molecule has 6 aromatic carbocycles. The molecule has 36 nitrogen and oxygen atoms in total. The second kappa shape index (κ2) is 37.2. The van der Waals surface area contributed by atoms with Crippen LogP contribution in [0.4, 0.5) is 34.5 Å². The minimum Gasteiger partial charge on any atom is -0.508 e. The van der Waals surface area contributed by atoms with E-state index in [1.54, 1.807) is 42.1 Å². The Labute approximate surface area is 763 Å². The normalized spacial score (nSPS) is 12.5. The molecule has 0 radical (unpaired) electrons. The number of nitrogens with one attached hydrogen (secondary N) is 2. The zero-order valence-corrected chi connectivity index (χ0v) is 76.4. The van der Waals surface area contributed by atoms with E-state index in [1.165, 1.54) is 78.9 Å². The highest BCUT2D eigenvalue weighted by atomic mass is 127. The van der Waals surface area contributed by atoms with E-state index < -0.39 is 10.9 Å². The summed E-state index contributed by atoms with van der Waals surface area (Å²) in [6.45, 7) is 17.1. The number of phenolic OH excluding ortho intramolecular Hbond substituents is 1. The van der Waals surface area contributed by atoms with Crippen molar-refractivity contribution in [3.05, 3.63) is 159 Å². The number of nitrogen functional groups attached to an aromatic ring is 3. The molecule has 5 aliphatic rings. The minimum atomic E-state index is -1.15. The zero-order chi connectivity index (χ0) is 86.9. The van der Waals surface area contributed by atoms with E-state index in [4.69, 9.17) is 81.8 Å². The van der Waals surface area contributed by atoms with Crippen LogP contribution >= 0.6 is 115 Å². The van der Waals surface area contributed by atoms with Crippen LogP contribution in [0.5, 0.6) is 40.2 Å². The number of thiocarbonyl (C=S) groups is 1. The van der Waals surface area contributed by atoms with Crippen LogP contribution in [0.15, 0.2) is 166 Å². The smallest absolute Gasteiger partial charge is 0.336 e. The lowest BCUT2D eigenvalue weighted by molar-refractivity contribution is -0.383. The summed E-state index contributed by atoms with van der Waals surface area (Å²) in [5.74, 6) is 4.39. The third-order valence-corrected chi connectivity index (χ3v) is 27.2. The lowest BCUT2D eigenvalue weighted by Gasteiger charge is -2.30. The first-order valence-electron chi connectivity index (χ1n) is 38.5. The number of nitro benzene ring substituents is 1. The Hall–Kier alpha value is -11.4. The molecule has 0 saturated carbocycles. The highest BCUT2D eigenvalue weighted by Crippen LogP contribution is 2.48. The molecular formula is C81H75I3N22O14S4. The number of carboxylic acid groups (broad SMARTS) is 1. The Balaban J connectivity index is 0.000000146. The van der Waals surface area contributed by atoms with Gasteiger partial charge in [-0.15, -0.1) is 0 Å². The zero-order valence-electron chi connectivity index (χ0n) is 66.7. The average Bonchev–Trinajstić information content (AvgIpc) is 1.09. The molecule has 4 aliphatic heterocycles. The maximum atomic E-state index is 12.8. The maximum Gasteiger partial charge on any atom is 0.336 e. The quantitative estimate of drug-likeness (QED) is 0.00661. The fraction of sp³-hybridized carbons (Fsp3) is 0.259. The van der Waals surface area contributed by atoms with Crippen molar-refractivity contribution in [3.8, 4) is 62.7 Å². The number of ether oxygens (including phenoxy) is 6. The first-order valence-corrected chi connectivity index (χ1v) is 44.6. The van der Waals surface area contributed by atoms with Gasteiger partial charge in [-0.25, -0.2) is 54.3 Å². The van der Waals surface area contributed by atoms with E-state index in [0.717, 1.165) is 67.2 Å². The van der Waals surface area contributed by atoms with Gasteiger partial charge in [0.2, 0.25) is 25.9 Å². The summed E-state index contributed by atoms with van der Waals surface area (Å²) in [7, 11) is 0. The molecule has 0 atom stereocenters. The molecule has 0 fully saturated rings. The van der Waals surface area contributed by atoms with E-state index in [-0.39, 0.29) is 72.0 Å². The molecular weight excluding hydrogens is 2010 g/mol. The van der Waals surface area contributed by atoms with Gasteiger partial charge < -0.3 is 94.4 Å². The highest BCUT2D eigenvalue weighted by molar-refractivity contribution is 14.1. The van der Waals surface area contributed by atoms with Crippen LogP contribution in [0.2, 0.25) is 0 Å². The number of aromatic hydroxyl groups is 1. The Morgan fingerprint density at radius 2 is 1.07 bits per heavy atom. The Morgan fingerprint density at radius 3 is 1.56 bits per heavy atom. The molecule has 11 heterocycles. The van der Waals surface area contributed by atoms with Crippen molar-refractivity contribution in [1.82, 2.24) is 79.1 Å². The van der Waals surface area contributed by atoms with Crippen molar-refractivity contribution in [2.45, 2.75) is 129 Å². The van der Waals surface area contributed by atoms with Gasteiger partial charge in [0.15, 0.2) is 117 Å². The van der Waals surface area contributed by atoms with Crippen molar-refractivity contribution >= 4 is 216 Å². The standard InChI is InChI=1S/C39H32IN7O7S2.C24H22IN9O5S.C18H21IN6O2S/c1-19(2)46(10-3-11-47-36-34(35(41)42-17-43-36)45-39(47)56-32-16-31-30(15-27(32)40)52-18-53-31)38(55)44-20-4-7-23(26(12-20)37(50)51)33-24-8-5-21(48)13-28(24)54-29-14-22(49)6-9-25(29)33;1-12(2)32(14-4-5-15(34(35)36)20-19(14)30-39-31-20)6-3-7-33-23-21(22(26)27-10-28-23)29-24(33)40-18-9-17-16(8-13(18)25)37-11-38-17;1-10(2)21-4-3-5-25-17-15(16(20)22-8-23-17)24-18(25)28-14-7-13-12(6-11(14)19)26-9-27-13/h4-9,12-17,19,48H,3,10-11,18H2,1-2H3,(H,44,55)(H,50,51)(H2,41,42,43);4-5,8-10,12H,3,6-7,11H2,1-2H3,(H2,26,27,28);6-8,10,21H,3-5,9H2,1-2H3,(H2,20,22,23). The highest BCUT2D eigenvalue weighted by Gasteiger charge is 2.30. The number of nitrogens with two attached hydrogens (primary N) is 3. The van der Waals surface area contributed by atoms with Crippen LogP contribution in [-0.4, -0.2) is 158 Å². The molecule has 124 heavy (non-hydrogen) atoms. The number of aromatic nitrogens is 14. The Bertz CT molecular complexity index is 6700. The van der Waals surface area contributed by atoms with E-state index in [0.29, 0.717) is 168 Å². The number of aryl methyl sites for hydroxylation is 3. The summed E-state index contributed by atoms with van der Waals surface area (Å²) in [4.78, 5) is 83.2. The number of phenols is 1. The van der Waals surface area contributed by atoms with Gasteiger partial charge in [0.1, 0.15) is 36.1 Å². The van der Waals surface area contributed by atoms with Gasteiger partial charge in [-0.05, 0) is 228 Å². The number of carbonyl (C=O) groups is 1. The monoisotopic (exact) mass is 2090 g/mol. The molecule has 0 spiro atoms. The first-order chi connectivity index (χ1) is 59.8. The maximum absolute atomic E-state index is 12.8. The number of benzene rings is 7. The molecule has 43 heteroatoms. The summed E-state index contributed by atoms with van der Waals surface area (Å²) in [6.07, 6.45) is 6.65. The number of imidazole rings is 3. The van der Waals surface area contributed by atoms with Gasteiger partial charge in [0.25, 0.3) is 0 Å². The number of nitro groups is 1. The molecule has 7 aromatic heterocycles. The van der Waals surface area contributed by atoms with Crippen molar-refractivity contribution < 1.29 is 57.4 Å². The Morgan fingerprint density at radius 1 is 0.589 bits per heavy atom. The molecule has 638 valence electrons. The van der Waals surface area contributed by atoms with E-state index in [9.17, 15) is 29.9 Å². The number of rotatable bonds is 26. The molecule has 1 aliphatic carbocycles. The number of anilines is 5. The molecule has 0 bridgehead atoms. The van der Waals surface area contributed by atoms with Gasteiger partial charge in [0.05, 0.1) is 16.2 Å². The predicted octanol–water partition coefficient (Wildman–Crippen LogP) is 15.6. The molecule has 18 rings (SSSR count). The molecule has 0 saturated heterocycles. The molecule has 0 unspecified atom stereocenters. The second-order valence-electron chi connectivity index (χ2n) is 29.0. The summed E-state index contributed by atoms with van der Waals surface area (Å²) < 4.78 is 53.3. The molecule has 0 amide bonds. The van der Waals surface area contributed by atoms with Crippen LogP contribution in [0, 0.1) is 20.8 Å². The van der Waals surface area contributed by atoms with Crippen molar-refractivity contribution in [2.24, 2.45) is 0 Å². The van der Waals surface area contributed by atoms with Crippen LogP contribution in [-0.2, 0) is 19.6 Å². The number of nitrogens with zero attached hydrogens (tertiary/aromatic N) is 17. The van der Waals surface area contributed by atoms with Gasteiger partial charge in [-0.1, -0.05) is 55.2 Å². The summed E-state index contributed by atoms with van der Waals surface area (Å²) >= 11 is 17.3. The number of hydrogen-bond donors (Lipinski definition) is 7. The third kappa shape index (κ3) is 18.3. The van der Waals surface area contributed by atoms with Crippen molar-refractivity contribution in [1.29, 1.82) is 0 Å². The summed E-state index contributed by atoms with van der Waals surface area (Å²) in [6, 6.07) is 29.4. The number of carboxylic acids is 1. The third-order valence-electron chi connectivity index (χ3n) is 20.0. The Kier molecular flexibility index (Phi) is 25.8. The second-order valence-corrected chi connectivity index (χ2v) is 35.9. The van der Waals surface area contributed by atoms with Crippen LogP contribution in [0.25, 0.3) is 77.9 Å². The number of aromatic carboxylic acids is 1. The number of non-ortho nitro benzene ring substituents is 1. The fourth-order valence-electron chi connectivity index (χ4n) is 14.1. The number of halogens is 3. The van der Waals surface area contributed by atoms with Gasteiger partial charge in [0, 0.05) is 117 Å². The SMILES string of the molecule is CC(C)N(CCCn1c(Sc2cc3c(cc2I)OCO3)nc2c(N)ncnc21)C(=S)Nc1ccc(-c2c3ccc(=O)cc-3oc3cc(O)ccc23)c(C(=O)O)c1.CC(C)N(CCCn1c(Sc2cc3c(cc2I)OCO3)nc2c(N)ncnc21)c1ccc([N+](=O)[O-])c2nonc12.CC(C)NCCCn1c(Sc2cc3c(cc2I)OCO3)nc2c(N)ncnc21. The summed E-state index contributed by atoms with van der Waals surface area (Å²) in [5, 5.41) is 49.7. The van der Waals surface area contributed by atoms with Crippen molar-refractivity contribution in [3.63, 3.8) is 0 Å². The van der Waals surface area contributed by atoms with Crippen LogP contribution in [0.3, 0.4) is 0 Å². The van der Waals surface area contributed by atoms with Crippen LogP contribution < -0.4 is 66.6 Å². The first kappa shape index (κ1) is 86.2. The number of hydrogen-bond acceptors (Lipinski definition) is 33. The van der Waals surface area contributed by atoms with Gasteiger partial charge >= 0.3 is 11.7 Å². The largest absolute Gasteiger partial charge is 0.508 e.